The monoisotopic (exact) mass is 447 g/mol. The second-order valence-corrected chi connectivity index (χ2v) is 8.72. The molecular weight excluding hydrogens is 429 g/mol. The molecule has 0 spiro atoms. The fraction of sp³-hybridized carbons (Fsp3) is 0.294. The van der Waals surface area contributed by atoms with Gasteiger partial charge in [0.15, 0.2) is 0 Å². The van der Waals surface area contributed by atoms with Crippen LogP contribution in [-0.2, 0) is 14.8 Å². The molecule has 1 amide bonds. The number of halogens is 2. The molecule has 0 aliphatic rings. The summed E-state index contributed by atoms with van der Waals surface area (Å²) in [4.78, 5) is 16.4. The lowest BCUT2D eigenvalue weighted by Crippen LogP contribution is -2.44. The van der Waals surface area contributed by atoms with Gasteiger partial charge in [0.25, 0.3) is 0 Å². The van der Waals surface area contributed by atoms with Gasteiger partial charge in [-0.05, 0) is 42.7 Å². The van der Waals surface area contributed by atoms with Crippen LogP contribution in [0.3, 0.4) is 0 Å². The molecule has 1 unspecified atom stereocenters. The first-order valence-electron chi connectivity index (χ1n) is 8.04. The number of hydrogen-bond donors (Lipinski definition) is 2. The summed E-state index contributed by atoms with van der Waals surface area (Å²) in [6, 6.07) is 5.15. The number of pyridine rings is 1. The van der Waals surface area contributed by atoms with Crippen molar-refractivity contribution in [3.8, 4) is 5.88 Å². The minimum absolute atomic E-state index is 0.230. The Kier molecular flexibility index (Phi) is 8.05. The van der Waals surface area contributed by atoms with Gasteiger partial charge in [0.1, 0.15) is 11.9 Å². The van der Waals surface area contributed by atoms with Crippen molar-refractivity contribution in [3.05, 3.63) is 47.4 Å². The number of carbonyl (C=O) groups excluding carboxylic acids is 1. The van der Waals surface area contributed by atoms with Gasteiger partial charge in [0.05, 0.1) is 28.9 Å². The number of anilines is 1. The third-order valence-corrected chi connectivity index (χ3v) is 6.04. The highest BCUT2D eigenvalue weighted by atomic mass is 35.5. The minimum atomic E-state index is -4.08. The molecule has 0 bridgehead atoms. The van der Waals surface area contributed by atoms with Gasteiger partial charge < -0.3 is 10.1 Å². The van der Waals surface area contributed by atoms with Crippen molar-refractivity contribution < 1.29 is 22.3 Å². The van der Waals surface area contributed by atoms with Crippen LogP contribution in [0.15, 0.2) is 41.4 Å². The third-order valence-electron chi connectivity index (χ3n) is 3.64. The van der Waals surface area contributed by atoms with Gasteiger partial charge in [-0.1, -0.05) is 11.6 Å². The summed E-state index contributed by atoms with van der Waals surface area (Å²) >= 11 is 7.14. The highest BCUT2D eigenvalue weighted by molar-refractivity contribution is 7.98. The second-order valence-electron chi connectivity index (χ2n) is 5.61. The first-order valence-corrected chi connectivity index (χ1v) is 11.3. The maximum Gasteiger partial charge on any atom is 0.242 e. The third kappa shape index (κ3) is 6.06. The van der Waals surface area contributed by atoms with Crippen molar-refractivity contribution in [2.75, 3.05) is 24.4 Å². The number of sulfonamides is 1. The summed E-state index contributed by atoms with van der Waals surface area (Å²) in [7, 11) is -2.62. The molecular formula is C17H19ClFN3O4S2. The minimum Gasteiger partial charge on any atom is -0.481 e. The molecule has 152 valence electrons. The number of thioether (sulfide) groups is 1. The van der Waals surface area contributed by atoms with Gasteiger partial charge in [0.2, 0.25) is 21.8 Å². The van der Waals surface area contributed by atoms with Crippen molar-refractivity contribution in [2.45, 2.75) is 17.4 Å². The molecule has 0 radical (unpaired) electrons. The van der Waals surface area contributed by atoms with Crippen LogP contribution < -0.4 is 14.8 Å². The second kappa shape index (κ2) is 10.1. The first kappa shape index (κ1) is 22.4. The first-order chi connectivity index (χ1) is 13.3. The summed E-state index contributed by atoms with van der Waals surface area (Å²) < 4.78 is 45.8. The van der Waals surface area contributed by atoms with Gasteiger partial charge in [0, 0.05) is 6.07 Å². The van der Waals surface area contributed by atoms with Gasteiger partial charge in [-0.15, -0.1) is 0 Å². The lowest BCUT2D eigenvalue weighted by Gasteiger charge is -2.18. The Hall–Kier alpha value is -1.88. The van der Waals surface area contributed by atoms with E-state index in [2.05, 4.69) is 15.0 Å². The zero-order chi connectivity index (χ0) is 20.7. The zero-order valence-corrected chi connectivity index (χ0v) is 17.5. The molecule has 7 nitrogen and oxygen atoms in total. The number of nitrogens with zero attached hydrogens (tertiary/aromatic N) is 1. The van der Waals surface area contributed by atoms with Crippen LogP contribution >= 0.6 is 23.4 Å². The van der Waals surface area contributed by atoms with Crippen LogP contribution in [0.4, 0.5) is 10.1 Å². The van der Waals surface area contributed by atoms with E-state index in [0.717, 1.165) is 18.2 Å². The van der Waals surface area contributed by atoms with Gasteiger partial charge >= 0.3 is 0 Å². The fourth-order valence-corrected chi connectivity index (χ4v) is 4.16. The number of ether oxygens (including phenoxy) is 1. The molecule has 1 atom stereocenters. The van der Waals surface area contributed by atoms with E-state index < -0.39 is 27.8 Å². The van der Waals surface area contributed by atoms with Gasteiger partial charge in [-0.3, -0.25) is 4.79 Å². The van der Waals surface area contributed by atoms with Crippen molar-refractivity contribution in [1.82, 2.24) is 9.71 Å². The highest BCUT2D eigenvalue weighted by Gasteiger charge is 2.26. The standard InChI is InChI=1S/C17H19ClFN3O4S2/c1-26-16-6-3-11(10-20-16)21-17(23)15(7-8-27-2)22-28(24,25)12-4-5-14(19)13(18)9-12/h3-6,9-10,15,22H,7-8H2,1-2H3,(H,21,23). The van der Waals surface area contributed by atoms with Crippen molar-refractivity contribution in [1.29, 1.82) is 0 Å². The normalized spacial score (nSPS) is 12.4. The largest absolute Gasteiger partial charge is 0.481 e. The number of rotatable bonds is 9. The van der Waals surface area contributed by atoms with E-state index in [1.54, 1.807) is 12.1 Å². The van der Waals surface area contributed by atoms with Crippen LogP contribution in [0.25, 0.3) is 0 Å². The molecule has 1 aromatic heterocycles. The fourth-order valence-electron chi connectivity index (χ4n) is 2.18. The Morgan fingerprint density at radius 3 is 2.68 bits per heavy atom. The molecule has 0 saturated carbocycles. The quantitative estimate of drug-likeness (QED) is 0.613. The number of amides is 1. The molecule has 0 aliphatic carbocycles. The topological polar surface area (TPSA) is 97.4 Å². The molecule has 1 heterocycles. The number of benzene rings is 1. The van der Waals surface area contributed by atoms with E-state index in [0.29, 0.717) is 17.3 Å². The van der Waals surface area contributed by atoms with E-state index in [-0.39, 0.29) is 16.3 Å². The van der Waals surface area contributed by atoms with Crippen molar-refractivity contribution in [2.24, 2.45) is 0 Å². The maximum absolute atomic E-state index is 13.3. The summed E-state index contributed by atoms with van der Waals surface area (Å²) in [5.41, 5.74) is 0.393. The highest BCUT2D eigenvalue weighted by Crippen LogP contribution is 2.20. The molecule has 2 N–H and O–H groups in total. The molecule has 0 saturated heterocycles. The number of carbonyl (C=O) groups is 1. The zero-order valence-electron chi connectivity index (χ0n) is 15.1. The average Bonchev–Trinajstić information content (AvgIpc) is 2.67. The van der Waals surface area contributed by atoms with Gasteiger partial charge in [-0.2, -0.15) is 16.5 Å². The van der Waals surface area contributed by atoms with Crippen LogP contribution in [0.2, 0.25) is 5.02 Å². The van der Waals surface area contributed by atoms with Crippen molar-refractivity contribution >= 4 is 45.0 Å². The number of hydrogen-bond acceptors (Lipinski definition) is 6. The van der Waals surface area contributed by atoms with Crippen LogP contribution in [0.1, 0.15) is 6.42 Å². The molecule has 1 aromatic carbocycles. The summed E-state index contributed by atoms with van der Waals surface area (Å²) in [5, 5.41) is 2.30. The van der Waals surface area contributed by atoms with E-state index in [9.17, 15) is 17.6 Å². The summed E-state index contributed by atoms with van der Waals surface area (Å²) in [6.45, 7) is 0. The average molecular weight is 448 g/mol. The SMILES string of the molecule is COc1ccc(NC(=O)C(CCSC)NS(=O)(=O)c2ccc(F)c(Cl)c2)cn1. The number of aromatic nitrogens is 1. The summed E-state index contributed by atoms with van der Waals surface area (Å²) in [6.07, 6.45) is 3.50. The Labute approximate surface area is 172 Å². The van der Waals surface area contributed by atoms with Crippen molar-refractivity contribution in [3.63, 3.8) is 0 Å². The van der Waals surface area contributed by atoms with Crippen LogP contribution in [0, 0.1) is 5.82 Å². The molecule has 11 heteroatoms. The maximum atomic E-state index is 13.3. The predicted octanol–water partition coefficient (Wildman–Crippen LogP) is 2.92. The van der Waals surface area contributed by atoms with E-state index in [1.807, 2.05) is 6.26 Å². The lowest BCUT2D eigenvalue weighted by atomic mass is 10.2. The molecule has 2 aromatic rings. The number of nitrogens with one attached hydrogen (secondary N) is 2. The number of methoxy groups -OCH3 is 1. The molecule has 0 aliphatic heterocycles. The Morgan fingerprint density at radius 2 is 2.11 bits per heavy atom. The van der Waals surface area contributed by atoms with Gasteiger partial charge in [-0.25, -0.2) is 17.8 Å². The molecule has 0 fully saturated rings. The van der Waals surface area contributed by atoms with Crippen LogP contribution in [0.5, 0.6) is 5.88 Å². The van der Waals surface area contributed by atoms with E-state index in [1.165, 1.54) is 25.1 Å². The Balaban J connectivity index is 2.18. The summed E-state index contributed by atoms with van der Waals surface area (Å²) in [5.74, 6) is -0.348. The Bertz CT molecular complexity index is 926. The smallest absolute Gasteiger partial charge is 0.242 e. The molecule has 2 rings (SSSR count). The van der Waals surface area contributed by atoms with Crippen LogP contribution in [-0.4, -0.2) is 44.5 Å². The van der Waals surface area contributed by atoms with E-state index >= 15 is 0 Å². The molecule has 28 heavy (non-hydrogen) atoms. The lowest BCUT2D eigenvalue weighted by molar-refractivity contribution is -0.117. The Morgan fingerprint density at radius 1 is 1.36 bits per heavy atom. The van der Waals surface area contributed by atoms with E-state index in [4.69, 9.17) is 16.3 Å². The predicted molar refractivity (Wildman–Crippen MR) is 108 cm³/mol.